The van der Waals surface area contributed by atoms with Crippen molar-refractivity contribution in [1.29, 1.82) is 0 Å². The standard InChI is InChI=1S/C18H21N3O2S/c1-11(2)16-19-12(3)15(17(22)20-16)18(23)21-8-6-13(7-9-21)14-5-4-10-24-14/h4-6,10-11H,7-9H2,1-3H3,(H,19,20,22). The predicted octanol–water partition coefficient (Wildman–Crippen LogP) is 3.19. The SMILES string of the molecule is Cc1nc(C(C)C)[nH]c(=O)c1C(=O)N1CC=C(c2cccs2)CC1. The van der Waals surface area contributed by atoms with Crippen LogP contribution >= 0.6 is 11.3 Å². The van der Waals surface area contributed by atoms with E-state index in [1.54, 1.807) is 23.2 Å². The molecule has 1 amide bonds. The highest BCUT2D eigenvalue weighted by atomic mass is 32.1. The van der Waals surface area contributed by atoms with Crippen molar-refractivity contribution in [2.45, 2.75) is 33.1 Å². The molecule has 0 unspecified atom stereocenters. The quantitative estimate of drug-likeness (QED) is 0.931. The molecule has 126 valence electrons. The van der Waals surface area contributed by atoms with E-state index in [2.05, 4.69) is 27.5 Å². The predicted molar refractivity (Wildman–Crippen MR) is 96.5 cm³/mol. The van der Waals surface area contributed by atoms with Gasteiger partial charge in [0.2, 0.25) is 0 Å². The maximum absolute atomic E-state index is 12.8. The molecule has 0 aliphatic carbocycles. The molecule has 1 aliphatic heterocycles. The number of H-pyrrole nitrogens is 1. The Morgan fingerprint density at radius 2 is 2.21 bits per heavy atom. The molecule has 0 saturated heterocycles. The smallest absolute Gasteiger partial charge is 0.264 e. The van der Waals surface area contributed by atoms with Crippen molar-refractivity contribution in [2.24, 2.45) is 0 Å². The summed E-state index contributed by atoms with van der Waals surface area (Å²) >= 11 is 1.71. The molecular formula is C18H21N3O2S. The van der Waals surface area contributed by atoms with Gasteiger partial charge in [0.1, 0.15) is 11.4 Å². The van der Waals surface area contributed by atoms with E-state index in [1.165, 1.54) is 10.5 Å². The first-order valence-electron chi connectivity index (χ1n) is 8.10. The van der Waals surface area contributed by atoms with Crippen LogP contribution in [-0.2, 0) is 0 Å². The minimum Gasteiger partial charge on any atom is -0.334 e. The van der Waals surface area contributed by atoms with Crippen LogP contribution in [0.4, 0.5) is 0 Å². The Labute approximate surface area is 145 Å². The van der Waals surface area contributed by atoms with Gasteiger partial charge < -0.3 is 9.88 Å². The number of hydrogen-bond acceptors (Lipinski definition) is 4. The van der Waals surface area contributed by atoms with Crippen molar-refractivity contribution >= 4 is 22.8 Å². The van der Waals surface area contributed by atoms with Crippen molar-refractivity contribution in [3.05, 3.63) is 55.9 Å². The number of thiophene rings is 1. The lowest BCUT2D eigenvalue weighted by molar-refractivity contribution is 0.0769. The van der Waals surface area contributed by atoms with Crippen LogP contribution in [0, 0.1) is 6.92 Å². The van der Waals surface area contributed by atoms with Crippen molar-refractivity contribution < 1.29 is 4.79 Å². The summed E-state index contributed by atoms with van der Waals surface area (Å²) in [6.45, 7) is 6.79. The molecule has 0 radical (unpaired) electrons. The molecule has 0 fully saturated rings. The Morgan fingerprint density at radius 1 is 1.42 bits per heavy atom. The lowest BCUT2D eigenvalue weighted by atomic mass is 10.1. The van der Waals surface area contributed by atoms with Gasteiger partial charge >= 0.3 is 0 Å². The summed E-state index contributed by atoms with van der Waals surface area (Å²) in [5.41, 5.74) is 1.59. The van der Waals surface area contributed by atoms with E-state index in [1.807, 2.05) is 19.9 Å². The number of amides is 1. The second-order valence-corrected chi connectivity index (χ2v) is 7.22. The van der Waals surface area contributed by atoms with Crippen LogP contribution in [0.5, 0.6) is 0 Å². The van der Waals surface area contributed by atoms with Crippen LogP contribution in [0.2, 0.25) is 0 Å². The highest BCUT2D eigenvalue weighted by molar-refractivity contribution is 7.11. The summed E-state index contributed by atoms with van der Waals surface area (Å²) in [7, 11) is 0. The van der Waals surface area contributed by atoms with Gasteiger partial charge in [-0.1, -0.05) is 26.0 Å². The molecule has 6 heteroatoms. The van der Waals surface area contributed by atoms with Gasteiger partial charge in [-0.25, -0.2) is 4.98 Å². The van der Waals surface area contributed by atoms with Crippen molar-refractivity contribution in [3.8, 4) is 0 Å². The third-order valence-electron chi connectivity index (χ3n) is 4.21. The zero-order valence-corrected chi connectivity index (χ0v) is 14.9. The fraction of sp³-hybridized carbons (Fsp3) is 0.389. The maximum atomic E-state index is 12.8. The summed E-state index contributed by atoms with van der Waals surface area (Å²) in [6.07, 6.45) is 2.88. The molecule has 0 saturated carbocycles. The first-order valence-corrected chi connectivity index (χ1v) is 8.98. The highest BCUT2D eigenvalue weighted by Gasteiger charge is 2.24. The first-order chi connectivity index (χ1) is 11.5. The number of hydrogen-bond donors (Lipinski definition) is 1. The van der Waals surface area contributed by atoms with Gasteiger partial charge in [0, 0.05) is 23.9 Å². The third-order valence-corrected chi connectivity index (χ3v) is 5.16. The van der Waals surface area contributed by atoms with Crippen molar-refractivity contribution in [1.82, 2.24) is 14.9 Å². The van der Waals surface area contributed by atoms with E-state index in [9.17, 15) is 9.59 Å². The third kappa shape index (κ3) is 3.19. The van der Waals surface area contributed by atoms with E-state index >= 15 is 0 Å². The molecule has 1 N–H and O–H groups in total. The summed E-state index contributed by atoms with van der Waals surface area (Å²) < 4.78 is 0. The van der Waals surface area contributed by atoms with E-state index in [0.717, 1.165) is 6.42 Å². The topological polar surface area (TPSA) is 66.1 Å². The molecule has 24 heavy (non-hydrogen) atoms. The number of carbonyl (C=O) groups is 1. The molecule has 1 aliphatic rings. The number of nitrogens with zero attached hydrogens (tertiary/aromatic N) is 2. The van der Waals surface area contributed by atoms with Crippen LogP contribution in [0.3, 0.4) is 0 Å². The van der Waals surface area contributed by atoms with Crippen LogP contribution in [0.25, 0.3) is 5.57 Å². The number of aromatic nitrogens is 2. The zero-order chi connectivity index (χ0) is 17.3. The van der Waals surface area contributed by atoms with E-state index in [0.29, 0.717) is 24.6 Å². The molecule has 2 aromatic rings. The van der Waals surface area contributed by atoms with Crippen molar-refractivity contribution in [3.63, 3.8) is 0 Å². The average Bonchev–Trinajstić information content (AvgIpc) is 3.08. The first kappa shape index (κ1) is 16.6. The Kier molecular flexibility index (Phi) is 4.66. The van der Waals surface area contributed by atoms with Crippen molar-refractivity contribution in [2.75, 3.05) is 13.1 Å². The van der Waals surface area contributed by atoms with Crippen LogP contribution < -0.4 is 5.56 Å². The van der Waals surface area contributed by atoms with E-state index < -0.39 is 0 Å². The second kappa shape index (κ2) is 6.73. The van der Waals surface area contributed by atoms with Crippen LogP contribution in [0.15, 0.2) is 28.4 Å². The Bertz CT molecular complexity index is 834. The summed E-state index contributed by atoms with van der Waals surface area (Å²) in [5, 5.41) is 2.05. The molecule has 3 heterocycles. The lowest BCUT2D eigenvalue weighted by Gasteiger charge is -2.26. The van der Waals surface area contributed by atoms with Crippen LogP contribution in [-0.4, -0.2) is 33.9 Å². The molecule has 2 aromatic heterocycles. The summed E-state index contributed by atoms with van der Waals surface area (Å²) in [6, 6.07) is 4.13. The Morgan fingerprint density at radius 3 is 2.75 bits per heavy atom. The lowest BCUT2D eigenvalue weighted by Crippen LogP contribution is -2.38. The summed E-state index contributed by atoms with van der Waals surface area (Å²) in [4.78, 5) is 35.2. The molecule has 0 aromatic carbocycles. The van der Waals surface area contributed by atoms with Gasteiger partial charge in [0.15, 0.2) is 0 Å². The van der Waals surface area contributed by atoms with Gasteiger partial charge in [-0.15, -0.1) is 11.3 Å². The van der Waals surface area contributed by atoms with E-state index in [4.69, 9.17) is 0 Å². The number of rotatable bonds is 3. The van der Waals surface area contributed by atoms with Gasteiger partial charge in [-0.05, 0) is 30.4 Å². The zero-order valence-electron chi connectivity index (χ0n) is 14.1. The normalized spacial score (nSPS) is 14.8. The molecule has 0 spiro atoms. The minimum absolute atomic E-state index is 0.117. The number of aryl methyl sites for hydroxylation is 1. The monoisotopic (exact) mass is 343 g/mol. The maximum Gasteiger partial charge on any atom is 0.264 e. The second-order valence-electron chi connectivity index (χ2n) is 6.27. The number of aromatic amines is 1. The Balaban J connectivity index is 1.82. The van der Waals surface area contributed by atoms with E-state index in [-0.39, 0.29) is 22.9 Å². The number of carbonyl (C=O) groups excluding carboxylic acids is 1. The molecule has 0 bridgehead atoms. The van der Waals surface area contributed by atoms with Gasteiger partial charge in [0.25, 0.3) is 11.5 Å². The minimum atomic E-state index is -0.343. The number of nitrogens with one attached hydrogen (secondary N) is 1. The van der Waals surface area contributed by atoms with Crippen LogP contribution in [0.1, 0.15) is 52.9 Å². The molecule has 0 atom stereocenters. The van der Waals surface area contributed by atoms with Gasteiger partial charge in [0.05, 0.1) is 5.69 Å². The van der Waals surface area contributed by atoms with Gasteiger partial charge in [-0.2, -0.15) is 0 Å². The Hall–Kier alpha value is -2.21. The average molecular weight is 343 g/mol. The molecule has 5 nitrogen and oxygen atoms in total. The van der Waals surface area contributed by atoms with Gasteiger partial charge in [-0.3, -0.25) is 9.59 Å². The summed E-state index contributed by atoms with van der Waals surface area (Å²) in [5.74, 6) is 0.498. The highest BCUT2D eigenvalue weighted by Crippen LogP contribution is 2.26. The largest absolute Gasteiger partial charge is 0.334 e. The molecular weight excluding hydrogens is 322 g/mol. The fourth-order valence-electron chi connectivity index (χ4n) is 2.83. The molecule has 3 rings (SSSR count). The fourth-order valence-corrected chi connectivity index (χ4v) is 3.63.